The van der Waals surface area contributed by atoms with E-state index in [0.29, 0.717) is 11.7 Å². The van der Waals surface area contributed by atoms with E-state index in [1.165, 1.54) is 6.33 Å². The van der Waals surface area contributed by atoms with Crippen molar-refractivity contribution in [3.05, 3.63) is 28.6 Å². The summed E-state index contributed by atoms with van der Waals surface area (Å²) < 4.78 is 3.17. The number of hydrogen-bond donors (Lipinski definition) is 0. The molecule has 0 aliphatic rings. The molecule has 0 unspecified atom stereocenters. The van der Waals surface area contributed by atoms with E-state index in [0.717, 1.165) is 11.3 Å². The van der Waals surface area contributed by atoms with Crippen molar-refractivity contribution in [3.63, 3.8) is 0 Å². The van der Waals surface area contributed by atoms with Crippen LogP contribution in [0.3, 0.4) is 0 Å². The van der Waals surface area contributed by atoms with Crippen LogP contribution in [0.15, 0.2) is 6.33 Å². The average molecular weight is 237 g/mol. The molecule has 0 aliphatic heterocycles. The topological polar surface area (TPSA) is 72.3 Å². The maximum absolute atomic E-state index is 8.60. The fraction of sp³-hybridized carbons (Fsp3) is 0.333. The first-order valence-corrected chi connectivity index (χ1v) is 4.97. The monoisotopic (exact) mass is 236 g/mol. The molecule has 82 valence electrons. The lowest BCUT2D eigenvalue weighted by molar-refractivity contribution is 0.679. The van der Waals surface area contributed by atoms with Crippen LogP contribution in [0.5, 0.6) is 0 Å². The van der Waals surface area contributed by atoms with E-state index in [1.807, 2.05) is 13.0 Å². The van der Waals surface area contributed by atoms with E-state index in [-0.39, 0.29) is 5.82 Å². The number of halogens is 1. The van der Waals surface area contributed by atoms with Gasteiger partial charge in [0.1, 0.15) is 17.5 Å². The molecule has 0 amide bonds. The van der Waals surface area contributed by atoms with Crippen LogP contribution in [-0.4, -0.2) is 24.5 Å². The van der Waals surface area contributed by atoms with Gasteiger partial charge in [-0.15, -0.1) is 5.10 Å². The maximum Gasteiger partial charge on any atom is 0.252 e. The molecule has 0 fully saturated rings. The number of nitriles is 1. The highest BCUT2D eigenvalue weighted by molar-refractivity contribution is 6.30. The number of nitrogens with zero attached hydrogens (tertiary/aromatic N) is 6. The second kappa shape index (κ2) is 3.94. The standard InChI is InChI=1S/C9H9ClN6/c1-6-7(9(10)15(2)13-6)4-16-5-12-8(3-11)14-16/h5H,4H2,1-2H3. The van der Waals surface area contributed by atoms with E-state index < -0.39 is 0 Å². The van der Waals surface area contributed by atoms with Gasteiger partial charge in [0.2, 0.25) is 0 Å². The van der Waals surface area contributed by atoms with Crippen LogP contribution in [-0.2, 0) is 13.6 Å². The van der Waals surface area contributed by atoms with Gasteiger partial charge in [-0.3, -0.25) is 4.68 Å². The summed E-state index contributed by atoms with van der Waals surface area (Å²) in [5.74, 6) is 0.151. The molecule has 0 bridgehead atoms. The molecule has 2 aromatic heterocycles. The molecule has 0 atom stereocenters. The molecular weight excluding hydrogens is 228 g/mol. The van der Waals surface area contributed by atoms with Gasteiger partial charge >= 0.3 is 0 Å². The lowest BCUT2D eigenvalue weighted by atomic mass is 10.3. The van der Waals surface area contributed by atoms with Gasteiger partial charge in [-0.1, -0.05) is 11.6 Å². The summed E-state index contributed by atoms with van der Waals surface area (Å²) in [6, 6.07) is 1.87. The Labute approximate surface area is 97.1 Å². The van der Waals surface area contributed by atoms with Crippen molar-refractivity contribution in [2.75, 3.05) is 0 Å². The SMILES string of the molecule is Cc1nn(C)c(Cl)c1Cn1cnc(C#N)n1. The lowest BCUT2D eigenvalue weighted by Gasteiger charge is -1.99. The summed E-state index contributed by atoms with van der Waals surface area (Å²) in [5.41, 5.74) is 1.74. The molecule has 2 heterocycles. The zero-order chi connectivity index (χ0) is 11.7. The maximum atomic E-state index is 8.60. The molecule has 7 heteroatoms. The van der Waals surface area contributed by atoms with Crippen LogP contribution < -0.4 is 0 Å². The molecular formula is C9H9ClN6. The first-order valence-electron chi connectivity index (χ1n) is 4.59. The molecule has 0 spiro atoms. The zero-order valence-corrected chi connectivity index (χ0v) is 9.60. The Kier molecular flexibility index (Phi) is 2.62. The minimum Gasteiger partial charge on any atom is -0.256 e. The fourth-order valence-electron chi connectivity index (χ4n) is 1.44. The Morgan fingerprint density at radius 2 is 2.25 bits per heavy atom. The Bertz CT molecular complexity index is 561. The minimum atomic E-state index is 0.151. The summed E-state index contributed by atoms with van der Waals surface area (Å²) in [5, 5.41) is 17.3. The Balaban J connectivity index is 2.30. The predicted molar refractivity (Wildman–Crippen MR) is 56.8 cm³/mol. The highest BCUT2D eigenvalue weighted by Gasteiger charge is 2.12. The third-order valence-electron chi connectivity index (χ3n) is 2.23. The third kappa shape index (κ3) is 1.77. The molecule has 6 nitrogen and oxygen atoms in total. The number of aromatic nitrogens is 5. The number of aryl methyl sites for hydroxylation is 2. The van der Waals surface area contributed by atoms with E-state index in [1.54, 1.807) is 16.4 Å². The first-order chi connectivity index (χ1) is 7.61. The second-order valence-electron chi connectivity index (χ2n) is 3.36. The molecule has 0 aromatic carbocycles. The van der Waals surface area contributed by atoms with Gasteiger partial charge in [-0.2, -0.15) is 10.4 Å². The highest BCUT2D eigenvalue weighted by atomic mass is 35.5. The van der Waals surface area contributed by atoms with Crippen molar-refractivity contribution < 1.29 is 0 Å². The van der Waals surface area contributed by atoms with Gasteiger partial charge in [-0.05, 0) is 6.92 Å². The van der Waals surface area contributed by atoms with Crippen LogP contribution in [0.2, 0.25) is 5.15 Å². The van der Waals surface area contributed by atoms with Crippen LogP contribution in [0.1, 0.15) is 17.1 Å². The van der Waals surface area contributed by atoms with Crippen molar-refractivity contribution in [2.24, 2.45) is 7.05 Å². The van der Waals surface area contributed by atoms with Gasteiger partial charge in [0, 0.05) is 12.6 Å². The largest absolute Gasteiger partial charge is 0.256 e. The van der Waals surface area contributed by atoms with Crippen LogP contribution in [0.4, 0.5) is 0 Å². The van der Waals surface area contributed by atoms with E-state index >= 15 is 0 Å². The number of hydrogen-bond acceptors (Lipinski definition) is 4. The molecule has 0 saturated heterocycles. The summed E-state index contributed by atoms with van der Waals surface area (Å²) >= 11 is 6.08. The quantitative estimate of drug-likeness (QED) is 0.777. The smallest absolute Gasteiger partial charge is 0.252 e. The summed E-state index contributed by atoms with van der Waals surface area (Å²) in [7, 11) is 1.78. The van der Waals surface area contributed by atoms with Gasteiger partial charge in [-0.25, -0.2) is 9.67 Å². The average Bonchev–Trinajstić information content (AvgIpc) is 2.80. The van der Waals surface area contributed by atoms with Crippen LogP contribution in [0, 0.1) is 18.3 Å². The number of rotatable bonds is 2. The van der Waals surface area contributed by atoms with Crippen molar-refractivity contribution in [2.45, 2.75) is 13.5 Å². The zero-order valence-electron chi connectivity index (χ0n) is 8.85. The van der Waals surface area contributed by atoms with Gasteiger partial charge < -0.3 is 0 Å². The fourth-order valence-corrected chi connectivity index (χ4v) is 1.67. The van der Waals surface area contributed by atoms with Crippen LogP contribution in [0.25, 0.3) is 0 Å². The third-order valence-corrected chi connectivity index (χ3v) is 2.70. The summed E-state index contributed by atoms with van der Waals surface area (Å²) in [4.78, 5) is 3.82. The molecule has 0 N–H and O–H groups in total. The van der Waals surface area contributed by atoms with Crippen LogP contribution >= 0.6 is 11.6 Å². The second-order valence-corrected chi connectivity index (χ2v) is 3.71. The van der Waals surface area contributed by atoms with Gasteiger partial charge in [0.25, 0.3) is 5.82 Å². The summed E-state index contributed by atoms with van der Waals surface area (Å²) in [6.45, 7) is 2.34. The van der Waals surface area contributed by atoms with E-state index in [9.17, 15) is 0 Å². The first kappa shape index (κ1) is 10.6. The Morgan fingerprint density at radius 1 is 1.50 bits per heavy atom. The Hall–Kier alpha value is -1.87. The van der Waals surface area contributed by atoms with E-state index in [4.69, 9.17) is 16.9 Å². The molecule has 2 aromatic rings. The highest BCUT2D eigenvalue weighted by Crippen LogP contribution is 2.19. The Morgan fingerprint density at radius 3 is 2.75 bits per heavy atom. The lowest BCUT2D eigenvalue weighted by Crippen LogP contribution is -2.01. The van der Waals surface area contributed by atoms with Crippen molar-refractivity contribution in [3.8, 4) is 6.07 Å². The summed E-state index contributed by atoms with van der Waals surface area (Å²) in [6.07, 6.45) is 1.50. The molecule has 0 radical (unpaired) electrons. The van der Waals surface area contributed by atoms with Crippen molar-refractivity contribution >= 4 is 11.6 Å². The molecule has 0 saturated carbocycles. The van der Waals surface area contributed by atoms with Gasteiger partial charge in [0.05, 0.1) is 12.2 Å². The molecule has 2 rings (SSSR count). The van der Waals surface area contributed by atoms with E-state index in [2.05, 4.69) is 15.2 Å². The molecule has 0 aliphatic carbocycles. The normalized spacial score (nSPS) is 10.4. The van der Waals surface area contributed by atoms with Crippen molar-refractivity contribution in [1.82, 2.24) is 24.5 Å². The minimum absolute atomic E-state index is 0.151. The molecule has 16 heavy (non-hydrogen) atoms. The van der Waals surface area contributed by atoms with Gasteiger partial charge in [0.15, 0.2) is 0 Å². The van der Waals surface area contributed by atoms with Crippen molar-refractivity contribution in [1.29, 1.82) is 5.26 Å². The predicted octanol–water partition coefficient (Wildman–Crippen LogP) is 0.893.